The molecule has 0 radical (unpaired) electrons. The van der Waals surface area contributed by atoms with Crippen LogP contribution in [0.2, 0.25) is 0 Å². The second-order valence-electron chi connectivity index (χ2n) is 3.82. The first kappa shape index (κ1) is 12.0. The van der Waals surface area contributed by atoms with E-state index in [0.717, 1.165) is 17.7 Å². The number of nitrogens with two attached hydrogens (primary N) is 1. The van der Waals surface area contributed by atoms with Gasteiger partial charge in [-0.05, 0) is 29.8 Å². The highest BCUT2D eigenvalue weighted by Gasteiger charge is 2.07. The average molecular weight is 245 g/mol. The topological polar surface area (TPSA) is 68.0 Å². The molecule has 0 atom stereocenters. The smallest absolute Gasteiger partial charge is 0.251 e. The highest BCUT2D eigenvalue weighted by Crippen LogP contribution is 2.10. The van der Waals surface area contributed by atoms with Crippen LogP contribution in [-0.2, 0) is 6.54 Å². The average Bonchev–Trinajstić information content (AvgIpc) is 2.36. The summed E-state index contributed by atoms with van der Waals surface area (Å²) in [6.45, 7) is 0.336. The Morgan fingerprint density at radius 2 is 2.22 bits per heavy atom. The number of pyridine rings is 1. The molecule has 2 rings (SSSR count). The number of hydrogen-bond acceptors (Lipinski definition) is 3. The minimum absolute atomic E-state index is 0.205. The Morgan fingerprint density at radius 3 is 2.89 bits per heavy atom. The van der Waals surface area contributed by atoms with Gasteiger partial charge in [0.1, 0.15) is 5.82 Å². The van der Waals surface area contributed by atoms with E-state index in [1.54, 1.807) is 18.5 Å². The molecule has 3 N–H and O–H groups in total. The fourth-order valence-electron chi connectivity index (χ4n) is 1.53. The Labute approximate surface area is 104 Å². The molecule has 0 bridgehead atoms. The van der Waals surface area contributed by atoms with Crippen LogP contribution < -0.4 is 11.1 Å². The Bertz CT molecular complexity index is 537. The van der Waals surface area contributed by atoms with Gasteiger partial charge < -0.3 is 11.1 Å². The third kappa shape index (κ3) is 3.04. The Morgan fingerprint density at radius 1 is 1.39 bits per heavy atom. The van der Waals surface area contributed by atoms with Crippen molar-refractivity contribution in [1.82, 2.24) is 10.3 Å². The van der Waals surface area contributed by atoms with E-state index in [-0.39, 0.29) is 17.2 Å². The third-order valence-electron chi connectivity index (χ3n) is 2.36. The van der Waals surface area contributed by atoms with Gasteiger partial charge in [0.2, 0.25) is 0 Å². The fraction of sp³-hybridized carbons (Fsp3) is 0.0769. The lowest BCUT2D eigenvalue weighted by Gasteiger charge is -2.06. The van der Waals surface area contributed by atoms with Gasteiger partial charge in [0.25, 0.3) is 5.91 Å². The number of nitrogens with one attached hydrogen (secondary N) is 1. The fourth-order valence-corrected chi connectivity index (χ4v) is 1.53. The molecule has 0 aliphatic rings. The van der Waals surface area contributed by atoms with Gasteiger partial charge in [-0.2, -0.15) is 0 Å². The minimum Gasteiger partial charge on any atom is -0.399 e. The van der Waals surface area contributed by atoms with Crippen molar-refractivity contribution in [3.63, 3.8) is 0 Å². The number of carbonyl (C=O) groups excluding carboxylic acids is 1. The van der Waals surface area contributed by atoms with Crippen LogP contribution in [-0.4, -0.2) is 10.9 Å². The van der Waals surface area contributed by atoms with Crippen molar-refractivity contribution in [3.05, 3.63) is 59.7 Å². The molecule has 0 aliphatic carbocycles. The van der Waals surface area contributed by atoms with Crippen molar-refractivity contribution in [3.8, 4) is 0 Å². The summed E-state index contributed by atoms with van der Waals surface area (Å²) in [6, 6.07) is 7.36. The van der Waals surface area contributed by atoms with Gasteiger partial charge >= 0.3 is 0 Å². The summed E-state index contributed by atoms with van der Waals surface area (Å²) in [5, 5.41) is 2.67. The van der Waals surface area contributed by atoms with E-state index in [1.165, 1.54) is 6.07 Å². The maximum Gasteiger partial charge on any atom is 0.251 e. The number of nitrogens with zero attached hydrogens (tertiary/aromatic N) is 1. The lowest BCUT2D eigenvalue weighted by molar-refractivity contribution is 0.0950. The van der Waals surface area contributed by atoms with Crippen LogP contribution in [0.5, 0.6) is 0 Å². The second-order valence-corrected chi connectivity index (χ2v) is 3.82. The van der Waals surface area contributed by atoms with Gasteiger partial charge in [-0.3, -0.25) is 9.78 Å². The summed E-state index contributed by atoms with van der Waals surface area (Å²) in [5.74, 6) is -0.897. The molecule has 92 valence electrons. The highest BCUT2D eigenvalue weighted by atomic mass is 19.1. The molecular weight excluding hydrogens is 233 g/mol. The Balaban J connectivity index is 2.04. The number of aromatic nitrogens is 1. The number of nitrogen functional groups attached to an aromatic ring is 1. The number of rotatable bonds is 3. The molecule has 2 aromatic rings. The van der Waals surface area contributed by atoms with Gasteiger partial charge in [-0.1, -0.05) is 6.07 Å². The zero-order valence-electron chi connectivity index (χ0n) is 9.56. The highest BCUT2D eigenvalue weighted by molar-refractivity contribution is 5.94. The number of carbonyl (C=O) groups is 1. The van der Waals surface area contributed by atoms with Crippen molar-refractivity contribution in [2.24, 2.45) is 0 Å². The third-order valence-corrected chi connectivity index (χ3v) is 2.36. The van der Waals surface area contributed by atoms with E-state index >= 15 is 0 Å². The predicted molar refractivity (Wildman–Crippen MR) is 66.2 cm³/mol. The number of anilines is 1. The van der Waals surface area contributed by atoms with Crippen molar-refractivity contribution in [2.45, 2.75) is 6.54 Å². The SMILES string of the molecule is Nc1cc(F)cc(C(=O)NCc2cccnc2)c1. The maximum atomic E-state index is 13.1. The van der Waals surface area contributed by atoms with E-state index in [0.29, 0.717) is 6.54 Å². The van der Waals surface area contributed by atoms with Crippen LogP contribution in [0, 0.1) is 5.82 Å². The molecular formula is C13H12FN3O. The van der Waals surface area contributed by atoms with Crippen molar-refractivity contribution >= 4 is 11.6 Å². The predicted octanol–water partition coefficient (Wildman–Crippen LogP) is 1.73. The molecule has 4 nitrogen and oxygen atoms in total. The first-order valence-electron chi connectivity index (χ1n) is 5.38. The molecule has 0 fully saturated rings. The van der Waals surface area contributed by atoms with Crippen LogP contribution in [0.4, 0.5) is 10.1 Å². The van der Waals surface area contributed by atoms with Gasteiger partial charge in [-0.25, -0.2) is 4.39 Å². The number of hydrogen-bond donors (Lipinski definition) is 2. The van der Waals surface area contributed by atoms with Gasteiger partial charge in [0.05, 0.1) is 0 Å². The molecule has 0 saturated carbocycles. The van der Waals surface area contributed by atoms with E-state index in [4.69, 9.17) is 5.73 Å². The zero-order valence-corrected chi connectivity index (χ0v) is 9.56. The first-order valence-corrected chi connectivity index (χ1v) is 5.38. The first-order chi connectivity index (χ1) is 8.65. The summed E-state index contributed by atoms with van der Waals surface area (Å²) in [7, 11) is 0. The summed E-state index contributed by atoms with van der Waals surface area (Å²) in [4.78, 5) is 15.7. The van der Waals surface area contributed by atoms with E-state index < -0.39 is 5.82 Å². The number of halogens is 1. The Hall–Kier alpha value is -2.43. The Kier molecular flexibility index (Phi) is 3.52. The van der Waals surface area contributed by atoms with Crippen LogP contribution in [0.3, 0.4) is 0 Å². The molecule has 1 amide bonds. The van der Waals surface area contributed by atoms with Crippen LogP contribution in [0.25, 0.3) is 0 Å². The second kappa shape index (κ2) is 5.27. The molecule has 0 spiro atoms. The van der Waals surface area contributed by atoms with Gasteiger partial charge in [0.15, 0.2) is 0 Å². The summed E-state index contributed by atoms with van der Waals surface area (Å²) in [6.07, 6.45) is 3.30. The van der Waals surface area contributed by atoms with Gasteiger partial charge in [-0.15, -0.1) is 0 Å². The normalized spacial score (nSPS) is 10.1. The molecule has 0 unspecified atom stereocenters. The molecule has 1 aromatic carbocycles. The number of amides is 1. The largest absolute Gasteiger partial charge is 0.399 e. The summed E-state index contributed by atoms with van der Waals surface area (Å²) in [5.41, 5.74) is 6.77. The summed E-state index contributed by atoms with van der Waals surface area (Å²) >= 11 is 0. The minimum atomic E-state index is -0.526. The van der Waals surface area contributed by atoms with Crippen LogP contribution >= 0.6 is 0 Å². The van der Waals surface area contributed by atoms with E-state index in [9.17, 15) is 9.18 Å². The van der Waals surface area contributed by atoms with Crippen molar-refractivity contribution in [1.29, 1.82) is 0 Å². The monoisotopic (exact) mass is 245 g/mol. The number of benzene rings is 1. The molecule has 18 heavy (non-hydrogen) atoms. The molecule has 1 aromatic heterocycles. The molecule has 0 saturated heterocycles. The van der Waals surface area contributed by atoms with Crippen LogP contribution in [0.15, 0.2) is 42.7 Å². The molecule has 0 aliphatic heterocycles. The lowest BCUT2D eigenvalue weighted by atomic mass is 10.2. The van der Waals surface area contributed by atoms with Crippen molar-refractivity contribution in [2.75, 3.05) is 5.73 Å². The quantitative estimate of drug-likeness (QED) is 0.809. The molecule has 5 heteroatoms. The molecule has 1 heterocycles. The van der Waals surface area contributed by atoms with Crippen LogP contribution in [0.1, 0.15) is 15.9 Å². The summed E-state index contributed by atoms with van der Waals surface area (Å²) < 4.78 is 13.1. The van der Waals surface area contributed by atoms with E-state index in [2.05, 4.69) is 10.3 Å². The van der Waals surface area contributed by atoms with Gasteiger partial charge in [0, 0.05) is 30.2 Å². The van der Waals surface area contributed by atoms with E-state index in [1.807, 2.05) is 6.07 Å². The standard InChI is InChI=1S/C13H12FN3O/c14-11-4-10(5-12(15)6-11)13(18)17-8-9-2-1-3-16-7-9/h1-7H,8,15H2,(H,17,18). The maximum absolute atomic E-state index is 13.1. The zero-order chi connectivity index (χ0) is 13.0. The van der Waals surface area contributed by atoms with Crippen molar-refractivity contribution < 1.29 is 9.18 Å². The lowest BCUT2D eigenvalue weighted by Crippen LogP contribution is -2.23.